The molecule has 2 N–H and O–H groups in total. The Morgan fingerprint density at radius 1 is 1.39 bits per heavy atom. The molecule has 23 heavy (non-hydrogen) atoms. The number of carboxylic acid groups (broad SMARTS) is 1. The Morgan fingerprint density at radius 2 is 2.04 bits per heavy atom. The Morgan fingerprint density at radius 3 is 2.57 bits per heavy atom. The molecule has 0 saturated carbocycles. The van der Waals surface area contributed by atoms with Crippen LogP contribution < -0.4 is 5.32 Å². The van der Waals surface area contributed by atoms with Crippen LogP contribution in [-0.2, 0) is 20.2 Å². The summed E-state index contributed by atoms with van der Waals surface area (Å²) in [6.07, 6.45) is 3.79. The van der Waals surface area contributed by atoms with E-state index in [1.165, 1.54) is 42.4 Å². The molecule has 0 aliphatic rings. The molecule has 0 aromatic carbocycles. The van der Waals surface area contributed by atoms with Gasteiger partial charge in [-0.25, -0.2) is 13.2 Å². The maximum Gasteiger partial charge on any atom is 0.331 e. The van der Waals surface area contributed by atoms with Crippen LogP contribution in [0.5, 0.6) is 0 Å². The van der Waals surface area contributed by atoms with Crippen LogP contribution in [0.2, 0.25) is 0 Å². The fourth-order valence-electron chi connectivity index (χ4n) is 1.62. The van der Waals surface area contributed by atoms with Crippen LogP contribution in [0.4, 0.5) is 5.69 Å². The molecular formula is C13H15N3O5S2. The van der Waals surface area contributed by atoms with E-state index >= 15 is 0 Å². The maximum absolute atomic E-state index is 12.1. The van der Waals surface area contributed by atoms with E-state index in [9.17, 15) is 18.0 Å². The summed E-state index contributed by atoms with van der Waals surface area (Å²) in [6, 6.07) is 1.29. The van der Waals surface area contributed by atoms with Crippen molar-refractivity contribution in [2.24, 2.45) is 0 Å². The molecule has 0 bridgehead atoms. The molecule has 0 fully saturated rings. The van der Waals surface area contributed by atoms with Crippen LogP contribution in [0, 0.1) is 0 Å². The Balaban J connectivity index is 2.17. The third kappa shape index (κ3) is 3.59. The average Bonchev–Trinajstić information content (AvgIpc) is 3.06. The minimum absolute atomic E-state index is 0.0790. The highest BCUT2D eigenvalue weighted by Gasteiger charge is 2.30. The number of thiophene rings is 1. The highest BCUT2D eigenvalue weighted by atomic mass is 32.2. The van der Waals surface area contributed by atoms with Crippen molar-refractivity contribution in [1.29, 1.82) is 0 Å². The maximum atomic E-state index is 12.1. The van der Waals surface area contributed by atoms with Crippen molar-refractivity contribution in [2.45, 2.75) is 24.3 Å². The fraction of sp³-hybridized carbons (Fsp3) is 0.308. The highest BCUT2D eigenvalue weighted by molar-refractivity contribution is 7.90. The zero-order valence-electron chi connectivity index (χ0n) is 12.6. The molecule has 2 rings (SSSR count). The molecule has 0 radical (unpaired) electrons. The average molecular weight is 357 g/mol. The second-order valence-corrected chi connectivity index (χ2v) is 8.34. The lowest BCUT2D eigenvalue weighted by molar-refractivity contribution is -0.146. The summed E-state index contributed by atoms with van der Waals surface area (Å²) < 4.78 is 24.0. The van der Waals surface area contributed by atoms with E-state index in [1.54, 1.807) is 0 Å². The van der Waals surface area contributed by atoms with Gasteiger partial charge in [0.05, 0.1) is 21.7 Å². The van der Waals surface area contributed by atoms with Gasteiger partial charge >= 0.3 is 5.97 Å². The smallest absolute Gasteiger partial charge is 0.331 e. The molecule has 1 amide bonds. The summed E-state index contributed by atoms with van der Waals surface area (Å²) in [5, 5.41) is 17.0. The first-order valence-electron chi connectivity index (χ1n) is 6.40. The van der Waals surface area contributed by atoms with Gasteiger partial charge in [-0.1, -0.05) is 0 Å². The minimum atomic E-state index is -3.36. The number of nitrogens with zero attached hydrogens (tertiary/aromatic N) is 2. The van der Waals surface area contributed by atoms with Crippen LogP contribution >= 0.6 is 11.3 Å². The predicted octanol–water partition coefficient (Wildman–Crippen LogP) is 1.42. The first kappa shape index (κ1) is 17.2. The van der Waals surface area contributed by atoms with E-state index in [2.05, 4.69) is 10.4 Å². The molecule has 0 atom stereocenters. The SMILES string of the molecule is CC(C)(C(=O)O)n1cc(NC(=O)c2cc(S(C)(=O)=O)cs2)cn1. The number of rotatable bonds is 5. The number of aromatic nitrogens is 2. The van der Waals surface area contributed by atoms with Gasteiger partial charge in [0.25, 0.3) is 5.91 Å². The number of sulfone groups is 1. The minimum Gasteiger partial charge on any atom is -0.479 e. The van der Waals surface area contributed by atoms with Crippen LogP contribution in [0.15, 0.2) is 28.7 Å². The topological polar surface area (TPSA) is 118 Å². The number of nitrogens with one attached hydrogen (secondary N) is 1. The summed E-state index contributed by atoms with van der Waals surface area (Å²) in [7, 11) is -3.36. The number of amides is 1. The quantitative estimate of drug-likeness (QED) is 0.835. The summed E-state index contributed by atoms with van der Waals surface area (Å²) in [5.74, 6) is -1.55. The molecule has 2 aromatic rings. The van der Waals surface area contributed by atoms with Gasteiger partial charge in [0.1, 0.15) is 0 Å². The first-order chi connectivity index (χ1) is 10.5. The van der Waals surface area contributed by atoms with Crippen molar-refractivity contribution < 1.29 is 23.1 Å². The molecule has 2 heterocycles. The lowest BCUT2D eigenvalue weighted by Crippen LogP contribution is -2.35. The van der Waals surface area contributed by atoms with E-state index in [0.29, 0.717) is 5.69 Å². The largest absolute Gasteiger partial charge is 0.479 e. The number of carboxylic acids is 1. The van der Waals surface area contributed by atoms with Gasteiger partial charge in [-0.15, -0.1) is 11.3 Å². The van der Waals surface area contributed by atoms with Crippen molar-refractivity contribution in [3.05, 3.63) is 28.7 Å². The molecule has 0 spiro atoms. The van der Waals surface area contributed by atoms with Crippen molar-refractivity contribution in [2.75, 3.05) is 11.6 Å². The van der Waals surface area contributed by atoms with Crippen molar-refractivity contribution in [3.8, 4) is 0 Å². The molecular weight excluding hydrogens is 342 g/mol. The Labute approximate surface area is 136 Å². The highest BCUT2D eigenvalue weighted by Crippen LogP contribution is 2.21. The van der Waals surface area contributed by atoms with Crippen molar-refractivity contribution >= 4 is 38.7 Å². The lowest BCUT2D eigenvalue weighted by atomic mass is 10.1. The normalized spacial score (nSPS) is 12.1. The molecule has 2 aromatic heterocycles. The molecule has 0 aliphatic carbocycles. The van der Waals surface area contributed by atoms with Crippen LogP contribution in [0.3, 0.4) is 0 Å². The van der Waals surface area contributed by atoms with Crippen molar-refractivity contribution in [1.82, 2.24) is 9.78 Å². The summed E-state index contributed by atoms with van der Waals surface area (Å²) >= 11 is 1.01. The number of hydrogen-bond donors (Lipinski definition) is 2. The molecule has 0 aliphatic heterocycles. The summed E-state index contributed by atoms with van der Waals surface area (Å²) in [6.45, 7) is 2.96. The number of carbonyl (C=O) groups excluding carboxylic acids is 1. The second kappa shape index (κ2) is 5.78. The Hall–Kier alpha value is -2.20. The fourth-order valence-corrected chi connectivity index (χ4v) is 3.53. The number of carbonyl (C=O) groups is 2. The van der Waals surface area contributed by atoms with Gasteiger partial charge in [-0.3, -0.25) is 9.48 Å². The molecule has 10 heteroatoms. The van der Waals surface area contributed by atoms with E-state index in [-0.39, 0.29) is 9.77 Å². The van der Waals surface area contributed by atoms with Gasteiger partial charge < -0.3 is 10.4 Å². The molecule has 0 unspecified atom stereocenters. The van der Waals surface area contributed by atoms with Gasteiger partial charge in [-0.2, -0.15) is 5.10 Å². The number of hydrogen-bond acceptors (Lipinski definition) is 6. The van der Waals surface area contributed by atoms with Crippen molar-refractivity contribution in [3.63, 3.8) is 0 Å². The predicted molar refractivity (Wildman–Crippen MR) is 84.6 cm³/mol. The third-order valence-corrected chi connectivity index (χ3v) is 5.33. The zero-order valence-corrected chi connectivity index (χ0v) is 14.2. The van der Waals surface area contributed by atoms with Gasteiger partial charge in [0.15, 0.2) is 15.4 Å². The number of aliphatic carboxylic acids is 1. The molecule has 0 saturated heterocycles. The lowest BCUT2D eigenvalue weighted by Gasteiger charge is -2.19. The van der Waals surface area contributed by atoms with Gasteiger partial charge in [0, 0.05) is 17.8 Å². The van der Waals surface area contributed by atoms with Crippen LogP contribution in [0.1, 0.15) is 23.5 Å². The van der Waals surface area contributed by atoms with Crippen LogP contribution in [0.25, 0.3) is 0 Å². The van der Waals surface area contributed by atoms with Gasteiger partial charge in [-0.05, 0) is 19.9 Å². The van der Waals surface area contributed by atoms with E-state index < -0.39 is 27.3 Å². The van der Waals surface area contributed by atoms with Crippen LogP contribution in [-0.4, -0.2) is 41.4 Å². The first-order valence-corrected chi connectivity index (χ1v) is 9.17. The molecule has 8 nitrogen and oxygen atoms in total. The zero-order chi connectivity index (χ0) is 17.4. The number of anilines is 1. The monoisotopic (exact) mass is 357 g/mol. The summed E-state index contributed by atoms with van der Waals surface area (Å²) in [5.41, 5.74) is -0.936. The van der Waals surface area contributed by atoms with E-state index in [4.69, 9.17) is 5.11 Å². The Kier molecular flexibility index (Phi) is 4.31. The van der Waals surface area contributed by atoms with E-state index in [0.717, 1.165) is 17.6 Å². The third-order valence-electron chi connectivity index (χ3n) is 3.16. The van der Waals surface area contributed by atoms with E-state index in [1.807, 2.05) is 0 Å². The standard InChI is InChI=1S/C13H15N3O5S2/c1-13(2,12(18)19)16-6-8(5-14-16)15-11(17)10-4-9(7-22-10)23(3,20)21/h4-7H,1-3H3,(H,15,17)(H,18,19). The summed E-state index contributed by atoms with van der Waals surface area (Å²) in [4.78, 5) is 23.6. The second-order valence-electron chi connectivity index (χ2n) is 5.41. The van der Waals surface area contributed by atoms with Gasteiger partial charge in [0.2, 0.25) is 0 Å². The Bertz CT molecular complexity index is 864. The molecule has 124 valence electrons.